The fraction of sp³-hybridized carbons (Fsp3) is 0.222. The summed E-state index contributed by atoms with van der Waals surface area (Å²) in [5.41, 5.74) is 0.753. The fourth-order valence-electron chi connectivity index (χ4n) is 2.44. The molecule has 0 N–H and O–H groups in total. The Morgan fingerprint density at radius 1 is 1.04 bits per heavy atom. The molecule has 0 unspecified atom stereocenters. The highest BCUT2D eigenvalue weighted by atomic mass is 32.2. The van der Waals surface area contributed by atoms with Crippen LogP contribution in [0.3, 0.4) is 0 Å². The van der Waals surface area contributed by atoms with Crippen molar-refractivity contribution in [3.63, 3.8) is 0 Å². The Morgan fingerprint density at radius 2 is 1.69 bits per heavy atom. The summed E-state index contributed by atoms with van der Waals surface area (Å²) in [6, 6.07) is 13.6. The Kier molecular flexibility index (Phi) is 5.15. The number of rotatable bonds is 6. The maximum absolute atomic E-state index is 13.1. The zero-order chi connectivity index (χ0) is 18.7. The minimum atomic E-state index is -3.83. The summed E-state index contributed by atoms with van der Waals surface area (Å²) in [6.45, 7) is 3.42. The fourth-order valence-corrected chi connectivity index (χ4v) is 4.02. The third kappa shape index (κ3) is 3.81. The standard InChI is InChI=1S/C18H18FN3O3S/c1-13(2)22(26(23,24)16-10-8-15(19)9-11-16)12-17-20-21-18(25-17)14-6-4-3-5-7-14/h3-11,13H,12H2,1-2H3. The van der Waals surface area contributed by atoms with Crippen LogP contribution in [0.25, 0.3) is 11.5 Å². The van der Waals surface area contributed by atoms with Gasteiger partial charge in [0.05, 0.1) is 11.4 Å². The third-order valence-corrected chi connectivity index (χ3v) is 5.81. The average molecular weight is 375 g/mol. The van der Waals surface area contributed by atoms with Crippen molar-refractivity contribution in [2.75, 3.05) is 0 Å². The van der Waals surface area contributed by atoms with Crippen LogP contribution in [0.2, 0.25) is 0 Å². The number of hydrogen-bond donors (Lipinski definition) is 0. The number of hydrogen-bond acceptors (Lipinski definition) is 5. The van der Waals surface area contributed by atoms with Crippen LogP contribution in [0.15, 0.2) is 63.9 Å². The molecule has 1 heterocycles. The number of halogens is 1. The highest BCUT2D eigenvalue weighted by Gasteiger charge is 2.29. The zero-order valence-electron chi connectivity index (χ0n) is 14.3. The van der Waals surface area contributed by atoms with Gasteiger partial charge in [-0.2, -0.15) is 4.31 Å². The Morgan fingerprint density at radius 3 is 2.31 bits per heavy atom. The van der Waals surface area contributed by atoms with Crippen molar-refractivity contribution in [3.8, 4) is 11.5 Å². The van der Waals surface area contributed by atoms with Gasteiger partial charge in [-0.1, -0.05) is 18.2 Å². The maximum atomic E-state index is 13.1. The van der Waals surface area contributed by atoms with Crippen LogP contribution < -0.4 is 0 Å². The second kappa shape index (κ2) is 7.35. The molecule has 6 nitrogen and oxygen atoms in total. The predicted molar refractivity (Wildman–Crippen MR) is 94.0 cm³/mol. The largest absolute Gasteiger partial charge is 0.419 e. The number of aromatic nitrogens is 2. The molecule has 0 saturated heterocycles. The molecule has 1 aromatic heterocycles. The molecule has 2 aromatic carbocycles. The topological polar surface area (TPSA) is 76.3 Å². The van der Waals surface area contributed by atoms with Gasteiger partial charge in [-0.15, -0.1) is 10.2 Å². The van der Waals surface area contributed by atoms with Crippen LogP contribution >= 0.6 is 0 Å². The molecule has 0 radical (unpaired) electrons. The molecule has 26 heavy (non-hydrogen) atoms. The van der Waals surface area contributed by atoms with Crippen LogP contribution in [0, 0.1) is 5.82 Å². The van der Waals surface area contributed by atoms with Crippen LogP contribution in [-0.4, -0.2) is 29.0 Å². The van der Waals surface area contributed by atoms with Crippen molar-refractivity contribution < 1.29 is 17.2 Å². The first-order chi connectivity index (χ1) is 12.4. The van der Waals surface area contributed by atoms with Crippen molar-refractivity contribution in [2.24, 2.45) is 0 Å². The van der Waals surface area contributed by atoms with Gasteiger partial charge in [-0.05, 0) is 50.2 Å². The Bertz CT molecular complexity index is 970. The van der Waals surface area contributed by atoms with E-state index < -0.39 is 15.8 Å². The number of benzene rings is 2. The quantitative estimate of drug-likeness (QED) is 0.659. The minimum absolute atomic E-state index is 0.00963. The van der Waals surface area contributed by atoms with Gasteiger partial charge < -0.3 is 4.42 Å². The van der Waals surface area contributed by atoms with E-state index in [1.165, 1.54) is 16.4 Å². The SMILES string of the molecule is CC(C)N(Cc1nnc(-c2ccccc2)o1)S(=O)(=O)c1ccc(F)cc1. The van der Waals surface area contributed by atoms with Gasteiger partial charge in [-0.25, -0.2) is 12.8 Å². The number of nitrogens with zero attached hydrogens (tertiary/aromatic N) is 3. The molecule has 0 bridgehead atoms. The van der Waals surface area contributed by atoms with E-state index >= 15 is 0 Å². The Labute approximate surface area is 151 Å². The summed E-state index contributed by atoms with van der Waals surface area (Å²) in [7, 11) is -3.83. The molecule has 0 aliphatic carbocycles. The second-order valence-corrected chi connectivity index (χ2v) is 7.86. The Balaban J connectivity index is 1.88. The molecule has 0 amide bonds. The van der Waals surface area contributed by atoms with Crippen molar-refractivity contribution in [2.45, 2.75) is 31.3 Å². The van der Waals surface area contributed by atoms with Gasteiger partial charge >= 0.3 is 0 Å². The maximum Gasteiger partial charge on any atom is 0.247 e. The van der Waals surface area contributed by atoms with Crippen LogP contribution in [0.1, 0.15) is 19.7 Å². The first-order valence-electron chi connectivity index (χ1n) is 8.03. The molecular weight excluding hydrogens is 357 g/mol. The summed E-state index contributed by atoms with van der Waals surface area (Å²) in [6.07, 6.45) is 0. The van der Waals surface area contributed by atoms with E-state index in [0.717, 1.165) is 17.7 Å². The lowest BCUT2D eigenvalue weighted by Gasteiger charge is -2.24. The first kappa shape index (κ1) is 18.2. The molecule has 3 rings (SSSR count). The van der Waals surface area contributed by atoms with E-state index in [0.29, 0.717) is 5.89 Å². The van der Waals surface area contributed by atoms with Crippen molar-refractivity contribution in [3.05, 3.63) is 66.3 Å². The molecular formula is C18H18FN3O3S. The van der Waals surface area contributed by atoms with Crippen LogP contribution in [-0.2, 0) is 16.6 Å². The summed E-state index contributed by atoms with van der Waals surface area (Å²) in [5, 5.41) is 7.93. The van der Waals surface area contributed by atoms with Gasteiger partial charge in [0.1, 0.15) is 5.82 Å². The Hall–Kier alpha value is -2.58. The van der Waals surface area contributed by atoms with Gasteiger partial charge in [-0.3, -0.25) is 0 Å². The highest BCUT2D eigenvalue weighted by Crippen LogP contribution is 2.23. The molecule has 8 heteroatoms. The average Bonchev–Trinajstić information content (AvgIpc) is 3.09. The molecule has 0 saturated carbocycles. The summed E-state index contributed by atoms with van der Waals surface area (Å²) in [4.78, 5) is 0.00963. The second-order valence-electron chi connectivity index (χ2n) is 5.96. The highest BCUT2D eigenvalue weighted by molar-refractivity contribution is 7.89. The third-order valence-electron chi connectivity index (χ3n) is 3.77. The van der Waals surface area contributed by atoms with E-state index in [1.807, 2.05) is 30.3 Å². The lowest BCUT2D eigenvalue weighted by molar-refractivity contribution is 0.313. The van der Waals surface area contributed by atoms with Crippen molar-refractivity contribution in [1.29, 1.82) is 0 Å². The smallest absolute Gasteiger partial charge is 0.247 e. The molecule has 136 valence electrons. The summed E-state index contributed by atoms with van der Waals surface area (Å²) >= 11 is 0. The predicted octanol–water partition coefficient (Wildman–Crippen LogP) is 3.48. The molecule has 3 aromatic rings. The van der Waals surface area contributed by atoms with Gasteiger partial charge in [0.15, 0.2) is 0 Å². The lowest BCUT2D eigenvalue weighted by Crippen LogP contribution is -2.36. The van der Waals surface area contributed by atoms with Gasteiger partial charge in [0.25, 0.3) is 0 Å². The van der Waals surface area contributed by atoms with Crippen LogP contribution in [0.4, 0.5) is 4.39 Å². The van der Waals surface area contributed by atoms with E-state index in [2.05, 4.69) is 10.2 Å². The molecule has 0 fully saturated rings. The zero-order valence-corrected chi connectivity index (χ0v) is 15.1. The molecule has 0 aliphatic heterocycles. The van der Waals surface area contributed by atoms with Gasteiger partial charge in [0, 0.05) is 11.6 Å². The normalized spacial score (nSPS) is 12.0. The lowest BCUT2D eigenvalue weighted by atomic mass is 10.2. The van der Waals surface area contributed by atoms with Crippen molar-refractivity contribution >= 4 is 10.0 Å². The summed E-state index contributed by atoms with van der Waals surface area (Å²) in [5.74, 6) is 0.0103. The minimum Gasteiger partial charge on any atom is -0.419 e. The van der Waals surface area contributed by atoms with E-state index in [1.54, 1.807) is 13.8 Å². The van der Waals surface area contributed by atoms with Crippen molar-refractivity contribution in [1.82, 2.24) is 14.5 Å². The molecule has 0 aliphatic rings. The van der Waals surface area contributed by atoms with Gasteiger partial charge in [0.2, 0.25) is 21.8 Å². The molecule has 0 spiro atoms. The van der Waals surface area contributed by atoms with Crippen LogP contribution in [0.5, 0.6) is 0 Å². The monoisotopic (exact) mass is 375 g/mol. The first-order valence-corrected chi connectivity index (χ1v) is 9.47. The van der Waals surface area contributed by atoms with E-state index in [9.17, 15) is 12.8 Å². The van der Waals surface area contributed by atoms with E-state index in [-0.39, 0.29) is 23.4 Å². The number of sulfonamides is 1. The molecule has 0 atom stereocenters. The summed E-state index contributed by atoms with van der Waals surface area (Å²) < 4.78 is 45.7. The van der Waals surface area contributed by atoms with E-state index in [4.69, 9.17) is 4.42 Å².